The van der Waals surface area contributed by atoms with E-state index in [0.29, 0.717) is 39.8 Å². The Morgan fingerprint density at radius 1 is 1.08 bits per heavy atom. The van der Waals surface area contributed by atoms with Crippen LogP contribution in [0, 0.1) is 5.41 Å². The number of nitrogens with zero attached hydrogens (tertiary/aromatic N) is 5. The predicted octanol–water partition coefficient (Wildman–Crippen LogP) is 6.89. The number of rotatable bonds is 13. The number of carbonyl (C=O) groups excluding carboxylic acids is 3. The molecule has 3 aromatic carbocycles. The van der Waals surface area contributed by atoms with E-state index in [1.165, 1.54) is 31.3 Å². The van der Waals surface area contributed by atoms with Gasteiger partial charge in [0.2, 0.25) is 11.8 Å². The second kappa shape index (κ2) is 16.9. The van der Waals surface area contributed by atoms with Crippen LogP contribution in [0.3, 0.4) is 0 Å². The largest absolute Gasteiger partial charge is 0.453 e. The number of ether oxygens (including phenoxy) is 1. The van der Waals surface area contributed by atoms with Crippen molar-refractivity contribution in [3.63, 3.8) is 0 Å². The lowest BCUT2D eigenvalue weighted by atomic mass is 10.1. The standard InChI is InChI=1S/C33H33Cl2N9O4/c1-37-42-44(20-36)27-15-12-24(34)17-23(27)11-16-28(45)39-26(18-29(46)43(2)19-21-7-5-4-6-8-21)32-40-30(31(35)41-32)22-9-13-25(14-10-22)38-33(47)48-3/h4-17,20,26,36H,18-19H2,1-3H3,(H,38,47)(H,39,45)(H,40,41)/b16-11+,36-20?,42-37?/t26-/m0/s1. The zero-order valence-electron chi connectivity index (χ0n) is 26.3. The Labute approximate surface area is 287 Å². The molecule has 0 aliphatic heterocycles. The molecule has 0 aliphatic carbocycles. The van der Waals surface area contributed by atoms with Crippen molar-refractivity contribution < 1.29 is 19.1 Å². The van der Waals surface area contributed by atoms with E-state index in [1.54, 1.807) is 54.4 Å². The number of halogens is 2. The Kier molecular flexibility index (Phi) is 12.4. The van der Waals surface area contributed by atoms with Crippen LogP contribution in [0.5, 0.6) is 0 Å². The van der Waals surface area contributed by atoms with E-state index in [0.717, 1.165) is 11.9 Å². The molecular weight excluding hydrogens is 657 g/mol. The van der Waals surface area contributed by atoms with Crippen LogP contribution in [-0.2, 0) is 20.9 Å². The average Bonchev–Trinajstić information content (AvgIpc) is 3.48. The van der Waals surface area contributed by atoms with E-state index in [4.69, 9.17) is 28.6 Å². The van der Waals surface area contributed by atoms with Crippen molar-refractivity contribution >= 4 is 64.9 Å². The molecule has 248 valence electrons. The van der Waals surface area contributed by atoms with Gasteiger partial charge in [-0.25, -0.2) is 14.8 Å². The molecule has 0 saturated carbocycles. The zero-order valence-corrected chi connectivity index (χ0v) is 27.8. The van der Waals surface area contributed by atoms with Gasteiger partial charge in [0.25, 0.3) is 0 Å². The molecule has 0 bridgehead atoms. The first-order chi connectivity index (χ1) is 23.1. The predicted molar refractivity (Wildman–Crippen MR) is 186 cm³/mol. The van der Waals surface area contributed by atoms with Gasteiger partial charge in [-0.15, -0.1) is 0 Å². The number of amides is 3. The van der Waals surface area contributed by atoms with Crippen molar-refractivity contribution in [3.05, 3.63) is 106 Å². The maximum Gasteiger partial charge on any atom is 0.411 e. The first-order valence-electron chi connectivity index (χ1n) is 14.5. The zero-order chi connectivity index (χ0) is 34.6. The molecule has 0 unspecified atom stereocenters. The Morgan fingerprint density at radius 3 is 2.48 bits per heavy atom. The number of anilines is 2. The van der Waals surface area contributed by atoms with Gasteiger partial charge in [-0.2, -0.15) is 5.11 Å². The molecule has 4 aromatic rings. The lowest BCUT2D eigenvalue weighted by molar-refractivity contribution is -0.131. The van der Waals surface area contributed by atoms with Crippen LogP contribution in [0.1, 0.15) is 29.4 Å². The van der Waals surface area contributed by atoms with Gasteiger partial charge in [-0.1, -0.05) is 70.9 Å². The van der Waals surface area contributed by atoms with Crippen LogP contribution >= 0.6 is 23.2 Å². The summed E-state index contributed by atoms with van der Waals surface area (Å²) in [5.41, 5.74) is 3.43. The van der Waals surface area contributed by atoms with E-state index in [-0.39, 0.29) is 23.3 Å². The lowest BCUT2D eigenvalue weighted by Gasteiger charge is -2.21. The second-order valence-corrected chi connectivity index (χ2v) is 11.1. The molecule has 0 radical (unpaired) electrons. The number of carbonyl (C=O) groups is 3. The van der Waals surface area contributed by atoms with Crippen LogP contribution in [0.2, 0.25) is 10.2 Å². The lowest BCUT2D eigenvalue weighted by Crippen LogP contribution is -2.34. The van der Waals surface area contributed by atoms with Gasteiger partial charge >= 0.3 is 6.09 Å². The number of nitrogens with one attached hydrogen (secondary N) is 4. The molecule has 1 aromatic heterocycles. The summed E-state index contributed by atoms with van der Waals surface area (Å²) in [6.07, 6.45) is 3.03. The minimum atomic E-state index is -0.898. The van der Waals surface area contributed by atoms with Gasteiger partial charge in [0.15, 0.2) is 0 Å². The van der Waals surface area contributed by atoms with Crippen molar-refractivity contribution in [2.24, 2.45) is 10.3 Å². The summed E-state index contributed by atoms with van der Waals surface area (Å²) in [6.45, 7) is 0.368. The van der Waals surface area contributed by atoms with Crippen LogP contribution in [0.25, 0.3) is 17.3 Å². The number of hydrogen-bond acceptors (Lipinski definition) is 8. The highest BCUT2D eigenvalue weighted by Gasteiger charge is 2.25. The van der Waals surface area contributed by atoms with Gasteiger partial charge < -0.3 is 19.9 Å². The minimum Gasteiger partial charge on any atom is -0.453 e. The first kappa shape index (κ1) is 35.3. The van der Waals surface area contributed by atoms with Crippen LogP contribution in [-0.4, -0.2) is 60.3 Å². The topological polar surface area (TPSA) is 168 Å². The van der Waals surface area contributed by atoms with Gasteiger partial charge in [0, 0.05) is 41.5 Å². The molecular formula is C33H33Cl2N9O4. The SMILES string of the molecule is CN=NN(C=N)c1ccc(Cl)cc1/C=C/C(=O)N[C@@H](CC(=O)N(C)Cc1ccccc1)c1nc(-c2ccc(NC(=O)OC)cc2)c(Cl)[nH]1. The third kappa shape index (κ3) is 9.50. The summed E-state index contributed by atoms with van der Waals surface area (Å²) in [5.74, 6) is -0.517. The Bertz CT molecular complexity index is 1810. The third-order valence-corrected chi connectivity index (χ3v) is 7.45. The van der Waals surface area contributed by atoms with Crippen molar-refractivity contribution in [3.8, 4) is 11.3 Å². The molecule has 0 aliphatic rings. The highest BCUT2D eigenvalue weighted by Crippen LogP contribution is 2.30. The number of H-pyrrole nitrogens is 1. The van der Waals surface area contributed by atoms with E-state index < -0.39 is 18.0 Å². The maximum atomic E-state index is 13.4. The fourth-order valence-corrected chi connectivity index (χ4v) is 5.02. The molecule has 3 amide bonds. The Hall–Kier alpha value is -5.53. The molecule has 4 rings (SSSR count). The van der Waals surface area contributed by atoms with Gasteiger partial charge in [-0.3, -0.25) is 20.3 Å². The Morgan fingerprint density at radius 2 is 1.81 bits per heavy atom. The van der Waals surface area contributed by atoms with E-state index in [1.807, 2.05) is 30.3 Å². The highest BCUT2D eigenvalue weighted by molar-refractivity contribution is 6.32. The van der Waals surface area contributed by atoms with Crippen molar-refractivity contribution in [1.29, 1.82) is 5.41 Å². The molecule has 0 saturated heterocycles. The van der Waals surface area contributed by atoms with E-state index >= 15 is 0 Å². The molecule has 13 nitrogen and oxygen atoms in total. The second-order valence-electron chi connectivity index (χ2n) is 10.3. The average molecular weight is 691 g/mol. The fraction of sp³-hybridized carbons (Fsp3) is 0.182. The summed E-state index contributed by atoms with van der Waals surface area (Å²) in [5, 5.41) is 22.6. The van der Waals surface area contributed by atoms with Gasteiger partial charge in [-0.05, 0) is 42.0 Å². The van der Waals surface area contributed by atoms with Crippen molar-refractivity contribution in [1.82, 2.24) is 20.2 Å². The highest BCUT2D eigenvalue weighted by atomic mass is 35.5. The van der Waals surface area contributed by atoms with E-state index in [2.05, 4.69) is 35.7 Å². The monoisotopic (exact) mass is 689 g/mol. The molecule has 48 heavy (non-hydrogen) atoms. The number of aromatic amines is 1. The summed E-state index contributed by atoms with van der Waals surface area (Å²) < 4.78 is 4.63. The molecule has 1 heterocycles. The van der Waals surface area contributed by atoms with Crippen LogP contribution < -0.4 is 15.6 Å². The Balaban J connectivity index is 1.61. The quantitative estimate of drug-likeness (QED) is 0.0392. The normalized spacial score (nSPS) is 11.7. The van der Waals surface area contributed by atoms with Crippen molar-refractivity contribution in [2.75, 3.05) is 31.5 Å². The number of benzene rings is 3. The fourth-order valence-electron chi connectivity index (χ4n) is 4.59. The number of aromatic nitrogens is 2. The molecule has 0 fully saturated rings. The van der Waals surface area contributed by atoms with Crippen LogP contribution in [0.4, 0.5) is 16.2 Å². The smallest absolute Gasteiger partial charge is 0.411 e. The third-order valence-electron chi connectivity index (χ3n) is 6.94. The van der Waals surface area contributed by atoms with Gasteiger partial charge in [0.1, 0.15) is 23.0 Å². The van der Waals surface area contributed by atoms with E-state index in [9.17, 15) is 14.4 Å². The number of methoxy groups -OCH3 is 1. The first-order valence-corrected chi connectivity index (χ1v) is 15.2. The molecule has 4 N–H and O–H groups in total. The summed E-state index contributed by atoms with van der Waals surface area (Å²) in [6, 6.07) is 20.3. The molecule has 15 heteroatoms. The van der Waals surface area contributed by atoms with Crippen LogP contribution in [0.15, 0.2) is 89.2 Å². The molecule has 0 spiro atoms. The number of imidazole rings is 1. The minimum absolute atomic E-state index is 0.130. The summed E-state index contributed by atoms with van der Waals surface area (Å²) in [4.78, 5) is 47.6. The summed E-state index contributed by atoms with van der Waals surface area (Å²) >= 11 is 12.8. The maximum absolute atomic E-state index is 13.4. The van der Waals surface area contributed by atoms with Crippen molar-refractivity contribution in [2.45, 2.75) is 19.0 Å². The summed E-state index contributed by atoms with van der Waals surface area (Å²) in [7, 11) is 4.42. The number of hydrogen-bond donors (Lipinski definition) is 4. The van der Waals surface area contributed by atoms with Gasteiger partial charge in [0.05, 0.1) is 32.3 Å². The molecule has 1 atom stereocenters.